The van der Waals surface area contributed by atoms with Crippen LogP contribution in [0.3, 0.4) is 0 Å². The van der Waals surface area contributed by atoms with Gasteiger partial charge in [-0.15, -0.1) is 0 Å². The molecule has 1 fully saturated rings. The van der Waals surface area contributed by atoms with Crippen molar-refractivity contribution >= 4 is 46.1 Å². The lowest BCUT2D eigenvalue weighted by molar-refractivity contribution is 0.251. The molecule has 1 saturated carbocycles. The molecule has 0 bridgehead atoms. The van der Waals surface area contributed by atoms with E-state index in [4.69, 9.17) is 16.7 Å². The first-order chi connectivity index (χ1) is 18.4. The Labute approximate surface area is 228 Å². The molecule has 1 aliphatic carbocycles. The molecular weight excluding hydrogens is 523 g/mol. The van der Waals surface area contributed by atoms with Crippen molar-refractivity contribution in [3.63, 3.8) is 0 Å². The minimum absolute atomic E-state index is 0.158. The van der Waals surface area contributed by atoms with Crippen LogP contribution in [0.4, 0.5) is 15.0 Å². The van der Waals surface area contributed by atoms with Crippen molar-refractivity contribution in [3.8, 4) is 5.69 Å². The van der Waals surface area contributed by atoms with Crippen molar-refractivity contribution in [2.75, 3.05) is 5.32 Å². The lowest BCUT2D eigenvalue weighted by Gasteiger charge is -2.13. The van der Waals surface area contributed by atoms with Gasteiger partial charge >= 0.3 is 6.03 Å². The van der Waals surface area contributed by atoms with E-state index in [1.165, 1.54) is 23.9 Å². The molecule has 192 valence electrons. The lowest BCUT2D eigenvalue weighted by atomic mass is 10.2. The number of aryl methyl sites for hydroxylation is 1. The van der Waals surface area contributed by atoms with E-state index in [-0.39, 0.29) is 12.4 Å². The molecule has 0 atom stereocenters. The van der Waals surface area contributed by atoms with Crippen LogP contribution in [-0.4, -0.2) is 25.6 Å². The van der Waals surface area contributed by atoms with Crippen LogP contribution >= 0.6 is 23.4 Å². The highest BCUT2D eigenvalue weighted by molar-refractivity contribution is 7.99. The molecule has 6 rings (SSSR count). The standard InChI is InChI=1S/C28H24ClFN6OS/c1-35-25-10-9-23(13-18(25)16-32-35)38-26-11-6-21(30)12-19(26)15-31-28(37)33-27-14-24(17-2-3-17)34-36(27)22-7-4-20(29)5-8-22/h4-14,16-17H,2-3,15H2,1H3,(H2,31,33,37). The fraction of sp³-hybridized carbons (Fsp3) is 0.179. The van der Waals surface area contributed by atoms with Crippen molar-refractivity contribution in [2.45, 2.75) is 35.1 Å². The molecule has 0 unspecified atom stereocenters. The normalized spacial score (nSPS) is 13.1. The van der Waals surface area contributed by atoms with E-state index in [0.29, 0.717) is 22.3 Å². The van der Waals surface area contributed by atoms with Crippen molar-refractivity contribution in [3.05, 3.63) is 95.0 Å². The molecule has 2 heterocycles. The maximum atomic E-state index is 14.2. The lowest BCUT2D eigenvalue weighted by Crippen LogP contribution is -2.29. The topological polar surface area (TPSA) is 76.8 Å². The van der Waals surface area contributed by atoms with E-state index in [2.05, 4.69) is 21.8 Å². The number of hydrogen-bond donors (Lipinski definition) is 2. The van der Waals surface area contributed by atoms with Crippen molar-refractivity contribution in [1.82, 2.24) is 24.9 Å². The predicted molar refractivity (Wildman–Crippen MR) is 148 cm³/mol. The second kappa shape index (κ2) is 10.2. The number of carbonyl (C=O) groups excluding carboxylic acids is 1. The van der Waals surface area contributed by atoms with Crippen molar-refractivity contribution in [1.29, 1.82) is 0 Å². The van der Waals surface area contributed by atoms with Gasteiger partial charge in [-0.1, -0.05) is 23.4 Å². The Morgan fingerprint density at radius 2 is 1.92 bits per heavy atom. The van der Waals surface area contributed by atoms with Gasteiger partial charge in [0.25, 0.3) is 0 Å². The van der Waals surface area contributed by atoms with E-state index in [9.17, 15) is 9.18 Å². The van der Waals surface area contributed by atoms with Crippen LogP contribution < -0.4 is 10.6 Å². The smallest absolute Gasteiger partial charge is 0.320 e. The molecule has 0 saturated heterocycles. The first-order valence-electron chi connectivity index (χ1n) is 12.2. The first-order valence-corrected chi connectivity index (χ1v) is 13.4. The van der Waals surface area contributed by atoms with Gasteiger partial charge in [0.15, 0.2) is 0 Å². The maximum Gasteiger partial charge on any atom is 0.320 e. The first kappa shape index (κ1) is 24.5. The molecule has 0 spiro atoms. The highest BCUT2D eigenvalue weighted by Gasteiger charge is 2.28. The second-order valence-corrected chi connectivity index (χ2v) is 10.8. The Hall–Kier alpha value is -3.82. The van der Waals surface area contributed by atoms with Crippen LogP contribution in [0.1, 0.15) is 30.0 Å². The summed E-state index contributed by atoms with van der Waals surface area (Å²) >= 11 is 7.57. The largest absolute Gasteiger partial charge is 0.334 e. The number of amides is 2. The monoisotopic (exact) mass is 546 g/mol. The Balaban J connectivity index is 1.18. The van der Waals surface area contributed by atoms with Crippen molar-refractivity contribution < 1.29 is 9.18 Å². The molecule has 0 aliphatic heterocycles. The number of hydrogen-bond acceptors (Lipinski definition) is 4. The number of carbonyl (C=O) groups is 1. The third-order valence-corrected chi connectivity index (χ3v) is 7.80. The summed E-state index contributed by atoms with van der Waals surface area (Å²) in [7, 11) is 1.90. The quantitative estimate of drug-likeness (QED) is 0.233. The maximum absolute atomic E-state index is 14.2. The number of aromatic nitrogens is 4. The number of halogens is 2. The zero-order valence-electron chi connectivity index (χ0n) is 20.5. The summed E-state index contributed by atoms with van der Waals surface area (Å²) in [5, 5.41) is 16.4. The molecule has 38 heavy (non-hydrogen) atoms. The number of fused-ring (bicyclic) bond motifs is 1. The highest BCUT2D eigenvalue weighted by atomic mass is 35.5. The minimum Gasteiger partial charge on any atom is -0.334 e. The summed E-state index contributed by atoms with van der Waals surface area (Å²) in [4.78, 5) is 14.8. The number of urea groups is 1. The van der Waals surface area contributed by atoms with Crippen LogP contribution in [-0.2, 0) is 13.6 Å². The van der Waals surface area contributed by atoms with Crippen LogP contribution in [0.5, 0.6) is 0 Å². The number of rotatable bonds is 7. The zero-order chi connectivity index (χ0) is 26.2. The summed E-state index contributed by atoms with van der Waals surface area (Å²) in [5.74, 6) is 0.624. The minimum atomic E-state index is -0.403. The second-order valence-electron chi connectivity index (χ2n) is 9.27. The van der Waals surface area contributed by atoms with Gasteiger partial charge < -0.3 is 5.32 Å². The third-order valence-electron chi connectivity index (χ3n) is 6.44. The van der Waals surface area contributed by atoms with Gasteiger partial charge in [0.1, 0.15) is 11.6 Å². The van der Waals surface area contributed by atoms with Crippen molar-refractivity contribution in [2.24, 2.45) is 7.05 Å². The molecular formula is C28H24ClFN6OS. The molecule has 3 aromatic carbocycles. The van der Waals surface area contributed by atoms with Crippen LogP contribution in [0.15, 0.2) is 82.7 Å². The Morgan fingerprint density at radius 1 is 1.11 bits per heavy atom. The zero-order valence-corrected chi connectivity index (χ0v) is 22.1. The number of nitrogens with zero attached hydrogens (tertiary/aromatic N) is 4. The fourth-order valence-corrected chi connectivity index (χ4v) is 5.40. The molecule has 7 nitrogen and oxygen atoms in total. The van der Waals surface area contributed by atoms with Gasteiger partial charge in [0.2, 0.25) is 0 Å². The molecule has 2 N–H and O–H groups in total. The van der Waals surface area contributed by atoms with E-state index < -0.39 is 6.03 Å². The summed E-state index contributed by atoms with van der Waals surface area (Å²) in [6.45, 7) is 0.158. The number of benzene rings is 3. The van der Waals surface area contributed by atoms with E-state index in [0.717, 1.165) is 44.9 Å². The third kappa shape index (κ3) is 5.25. The summed E-state index contributed by atoms with van der Waals surface area (Å²) < 4.78 is 17.7. The van der Waals surface area contributed by atoms with Gasteiger partial charge in [-0.2, -0.15) is 10.2 Å². The van der Waals surface area contributed by atoms with Gasteiger partial charge in [-0.3, -0.25) is 10.00 Å². The van der Waals surface area contributed by atoms with E-state index in [1.54, 1.807) is 22.9 Å². The van der Waals surface area contributed by atoms with Gasteiger partial charge in [-0.05, 0) is 79.1 Å². The Bertz CT molecular complexity index is 1640. The van der Waals surface area contributed by atoms with Crippen LogP contribution in [0.2, 0.25) is 5.02 Å². The number of nitrogens with one attached hydrogen (secondary N) is 2. The SMILES string of the molecule is Cn1ncc2cc(Sc3ccc(F)cc3CNC(=O)Nc3cc(C4CC4)nn3-c3ccc(Cl)cc3)ccc21. The molecule has 5 aromatic rings. The van der Waals surface area contributed by atoms with Crippen LogP contribution in [0, 0.1) is 5.82 Å². The molecule has 10 heteroatoms. The highest BCUT2D eigenvalue weighted by Crippen LogP contribution is 2.40. The number of anilines is 1. The molecule has 0 radical (unpaired) electrons. The Kier molecular flexibility index (Phi) is 6.55. The average molecular weight is 547 g/mol. The average Bonchev–Trinajstić information content (AvgIpc) is 3.58. The molecule has 2 amide bonds. The van der Waals surface area contributed by atoms with E-state index >= 15 is 0 Å². The van der Waals surface area contributed by atoms with E-state index in [1.807, 2.05) is 48.3 Å². The molecule has 1 aliphatic rings. The van der Waals surface area contributed by atoms with Gasteiger partial charge in [0, 0.05) is 45.8 Å². The Morgan fingerprint density at radius 3 is 2.71 bits per heavy atom. The summed E-state index contributed by atoms with van der Waals surface area (Å²) in [6, 6.07) is 19.5. The predicted octanol–water partition coefficient (Wildman–Crippen LogP) is 6.90. The van der Waals surface area contributed by atoms with Gasteiger partial charge in [-0.25, -0.2) is 13.9 Å². The fourth-order valence-electron chi connectivity index (χ4n) is 4.30. The summed E-state index contributed by atoms with van der Waals surface area (Å²) in [5.41, 5.74) is 3.46. The summed E-state index contributed by atoms with van der Waals surface area (Å²) in [6.07, 6.45) is 4.01. The van der Waals surface area contributed by atoms with Gasteiger partial charge in [0.05, 0.1) is 23.1 Å². The molecule has 2 aromatic heterocycles. The van der Waals surface area contributed by atoms with Crippen LogP contribution in [0.25, 0.3) is 16.6 Å².